The Hall–Kier alpha value is -0.840. The second-order valence-corrected chi connectivity index (χ2v) is 6.81. The van der Waals surface area contributed by atoms with E-state index in [0.29, 0.717) is 0 Å². The second-order valence-electron chi connectivity index (χ2n) is 5.04. The van der Waals surface area contributed by atoms with Crippen molar-refractivity contribution in [1.29, 1.82) is 0 Å². The number of anilines is 1. The summed E-state index contributed by atoms with van der Waals surface area (Å²) in [5, 5.41) is 3.35. The molecule has 0 aliphatic rings. The Balaban J connectivity index is 2.08. The van der Waals surface area contributed by atoms with Crippen molar-refractivity contribution in [2.75, 3.05) is 18.5 Å². The summed E-state index contributed by atoms with van der Waals surface area (Å²) in [7, 11) is 2.12. The maximum atomic E-state index is 3.67. The quantitative estimate of drug-likeness (QED) is 0.722. The number of benzene rings is 2. The highest BCUT2D eigenvalue weighted by molar-refractivity contribution is 9.10. The van der Waals surface area contributed by atoms with Crippen LogP contribution < -0.4 is 10.2 Å². The lowest BCUT2D eigenvalue weighted by Gasteiger charge is -2.20. The van der Waals surface area contributed by atoms with Gasteiger partial charge in [0.1, 0.15) is 0 Å². The van der Waals surface area contributed by atoms with Crippen molar-refractivity contribution in [3.63, 3.8) is 0 Å². The Morgan fingerprint density at radius 1 is 1.10 bits per heavy atom. The van der Waals surface area contributed by atoms with Crippen LogP contribution >= 0.6 is 31.9 Å². The van der Waals surface area contributed by atoms with Crippen molar-refractivity contribution < 1.29 is 0 Å². The SMILES string of the molecule is CCNCc1ccc(N(C)Cc2cccc(Br)c2)cc1Br. The van der Waals surface area contributed by atoms with Gasteiger partial charge in [0.05, 0.1) is 0 Å². The molecule has 0 spiro atoms. The minimum Gasteiger partial charge on any atom is -0.370 e. The van der Waals surface area contributed by atoms with Crippen LogP contribution in [0.3, 0.4) is 0 Å². The molecule has 0 saturated carbocycles. The molecule has 0 unspecified atom stereocenters. The van der Waals surface area contributed by atoms with Crippen LogP contribution in [0, 0.1) is 0 Å². The van der Waals surface area contributed by atoms with Crippen molar-refractivity contribution >= 4 is 37.5 Å². The minimum atomic E-state index is 0.887. The van der Waals surface area contributed by atoms with Crippen LogP contribution in [0.4, 0.5) is 5.69 Å². The molecule has 0 atom stereocenters. The number of hydrogen-bond acceptors (Lipinski definition) is 2. The number of halogens is 2. The molecule has 2 aromatic rings. The fourth-order valence-electron chi connectivity index (χ4n) is 2.18. The van der Waals surface area contributed by atoms with Gasteiger partial charge >= 0.3 is 0 Å². The lowest BCUT2D eigenvalue weighted by atomic mass is 10.1. The monoisotopic (exact) mass is 410 g/mol. The average Bonchev–Trinajstić information content (AvgIpc) is 2.46. The van der Waals surface area contributed by atoms with E-state index in [4.69, 9.17) is 0 Å². The first-order valence-electron chi connectivity index (χ1n) is 7.05. The van der Waals surface area contributed by atoms with Crippen molar-refractivity contribution in [2.24, 2.45) is 0 Å². The first-order valence-corrected chi connectivity index (χ1v) is 8.63. The molecule has 0 aliphatic carbocycles. The van der Waals surface area contributed by atoms with Crippen molar-refractivity contribution in [2.45, 2.75) is 20.0 Å². The molecule has 0 radical (unpaired) electrons. The normalized spacial score (nSPS) is 10.7. The van der Waals surface area contributed by atoms with Crippen LogP contribution in [0.15, 0.2) is 51.4 Å². The van der Waals surface area contributed by atoms with E-state index in [1.54, 1.807) is 0 Å². The molecule has 0 amide bonds. The molecule has 0 heterocycles. The van der Waals surface area contributed by atoms with Gasteiger partial charge in [-0.25, -0.2) is 0 Å². The largest absolute Gasteiger partial charge is 0.370 e. The molecule has 2 aromatic carbocycles. The van der Waals surface area contributed by atoms with Crippen LogP contribution in [0.5, 0.6) is 0 Å². The molecule has 0 aliphatic heterocycles. The Morgan fingerprint density at radius 3 is 2.57 bits per heavy atom. The fraction of sp³-hybridized carbons (Fsp3) is 0.294. The third kappa shape index (κ3) is 4.83. The van der Waals surface area contributed by atoms with Gasteiger partial charge in [-0.05, 0) is 41.9 Å². The van der Waals surface area contributed by atoms with Gasteiger partial charge in [-0.3, -0.25) is 0 Å². The highest BCUT2D eigenvalue weighted by Crippen LogP contribution is 2.25. The summed E-state index contributed by atoms with van der Waals surface area (Å²) in [4.78, 5) is 2.25. The van der Waals surface area contributed by atoms with E-state index in [9.17, 15) is 0 Å². The van der Waals surface area contributed by atoms with Gasteiger partial charge in [0.25, 0.3) is 0 Å². The zero-order chi connectivity index (χ0) is 15.2. The summed E-state index contributed by atoms with van der Waals surface area (Å²) in [6, 6.07) is 15.0. The molecule has 0 bridgehead atoms. The van der Waals surface area contributed by atoms with E-state index in [2.05, 4.69) is 98.5 Å². The number of nitrogens with one attached hydrogen (secondary N) is 1. The highest BCUT2D eigenvalue weighted by Gasteiger charge is 2.06. The van der Waals surface area contributed by atoms with Gasteiger partial charge in [0.15, 0.2) is 0 Å². The van der Waals surface area contributed by atoms with E-state index in [1.165, 1.54) is 16.8 Å². The standard InChI is InChI=1S/C17H20Br2N2/c1-3-20-11-14-7-8-16(10-17(14)19)21(2)12-13-5-4-6-15(18)9-13/h4-10,20H,3,11-12H2,1-2H3. The fourth-order valence-corrected chi connectivity index (χ4v) is 3.13. The van der Waals surface area contributed by atoms with Gasteiger partial charge in [0, 0.05) is 34.8 Å². The van der Waals surface area contributed by atoms with Crippen LogP contribution in [0.2, 0.25) is 0 Å². The Bertz CT molecular complexity index is 599. The third-order valence-electron chi connectivity index (χ3n) is 3.35. The Kier molecular flexibility index (Phi) is 6.27. The average molecular weight is 412 g/mol. The zero-order valence-electron chi connectivity index (χ0n) is 12.4. The maximum Gasteiger partial charge on any atom is 0.0426 e. The van der Waals surface area contributed by atoms with E-state index in [1.807, 2.05) is 0 Å². The molecule has 21 heavy (non-hydrogen) atoms. The van der Waals surface area contributed by atoms with Gasteiger partial charge in [0.2, 0.25) is 0 Å². The van der Waals surface area contributed by atoms with E-state index in [-0.39, 0.29) is 0 Å². The molecule has 112 valence electrons. The zero-order valence-corrected chi connectivity index (χ0v) is 15.5. The summed E-state index contributed by atoms with van der Waals surface area (Å²) in [5.74, 6) is 0. The Morgan fingerprint density at radius 2 is 1.90 bits per heavy atom. The van der Waals surface area contributed by atoms with Gasteiger partial charge in [-0.2, -0.15) is 0 Å². The molecule has 0 aromatic heterocycles. The van der Waals surface area contributed by atoms with Crippen molar-refractivity contribution in [1.82, 2.24) is 5.32 Å². The number of nitrogens with zero attached hydrogens (tertiary/aromatic N) is 1. The van der Waals surface area contributed by atoms with Crippen LogP contribution in [-0.2, 0) is 13.1 Å². The lowest BCUT2D eigenvalue weighted by Crippen LogP contribution is -2.17. The molecular formula is C17H20Br2N2. The first-order chi connectivity index (χ1) is 10.1. The maximum absolute atomic E-state index is 3.67. The molecule has 0 saturated heterocycles. The highest BCUT2D eigenvalue weighted by atomic mass is 79.9. The minimum absolute atomic E-state index is 0.887. The van der Waals surface area contributed by atoms with Crippen LogP contribution in [0.25, 0.3) is 0 Å². The second kappa shape index (κ2) is 7.97. The molecule has 2 rings (SSSR count). The van der Waals surface area contributed by atoms with Crippen LogP contribution in [0.1, 0.15) is 18.1 Å². The third-order valence-corrected chi connectivity index (χ3v) is 4.58. The van der Waals surface area contributed by atoms with Crippen molar-refractivity contribution in [3.8, 4) is 0 Å². The summed E-state index contributed by atoms with van der Waals surface area (Å²) in [6.45, 7) is 4.89. The summed E-state index contributed by atoms with van der Waals surface area (Å²) in [6.07, 6.45) is 0. The van der Waals surface area contributed by atoms with E-state index < -0.39 is 0 Å². The molecule has 4 heteroatoms. The smallest absolute Gasteiger partial charge is 0.0426 e. The lowest BCUT2D eigenvalue weighted by molar-refractivity contribution is 0.724. The predicted octanol–water partition coefficient (Wildman–Crippen LogP) is 4.96. The first kappa shape index (κ1) is 16.5. The topological polar surface area (TPSA) is 15.3 Å². The van der Waals surface area contributed by atoms with Gasteiger partial charge in [-0.15, -0.1) is 0 Å². The number of hydrogen-bond donors (Lipinski definition) is 1. The summed E-state index contributed by atoms with van der Waals surface area (Å²) in [5.41, 5.74) is 3.79. The Labute approximate surface area is 143 Å². The van der Waals surface area contributed by atoms with E-state index in [0.717, 1.165) is 28.6 Å². The van der Waals surface area contributed by atoms with Crippen molar-refractivity contribution in [3.05, 3.63) is 62.5 Å². The van der Waals surface area contributed by atoms with Gasteiger partial charge in [-0.1, -0.05) is 57.0 Å². The molecular weight excluding hydrogens is 392 g/mol. The molecule has 1 N–H and O–H groups in total. The molecule has 0 fully saturated rings. The van der Waals surface area contributed by atoms with Gasteiger partial charge < -0.3 is 10.2 Å². The molecule has 2 nitrogen and oxygen atoms in total. The summed E-state index contributed by atoms with van der Waals surface area (Å²) >= 11 is 7.19. The summed E-state index contributed by atoms with van der Waals surface area (Å²) < 4.78 is 2.28. The predicted molar refractivity (Wildman–Crippen MR) is 97.8 cm³/mol. The van der Waals surface area contributed by atoms with E-state index >= 15 is 0 Å². The van der Waals surface area contributed by atoms with Crippen LogP contribution in [-0.4, -0.2) is 13.6 Å². The number of rotatable bonds is 6.